The summed E-state index contributed by atoms with van der Waals surface area (Å²) < 4.78 is 6.87. The fraction of sp³-hybridized carbons (Fsp3) is 0.214. The molecule has 0 spiro atoms. The van der Waals surface area contributed by atoms with Gasteiger partial charge in [0.15, 0.2) is 18.0 Å². The lowest BCUT2D eigenvalue weighted by Gasteiger charge is -2.06. The number of nitrogens with one attached hydrogen (secondary N) is 2. The molecule has 0 saturated carbocycles. The fourth-order valence-electron chi connectivity index (χ4n) is 2.19. The first-order valence-electron chi connectivity index (χ1n) is 7.11. The number of fused-ring (bicyclic) bond motifs is 1. The standard InChI is InChI=1S/C14H14N8O/c1-8(2)22-5-9(3-17-22)18-14-12-10(4-16-21-12)19-13(20-14)11-6-23-7-15-11/h3-8H,1-2H3,(H,16,21)(H,18,19,20). The first kappa shape index (κ1) is 13.4. The smallest absolute Gasteiger partial charge is 0.184 e. The molecular formula is C14H14N8O. The zero-order chi connectivity index (χ0) is 15.8. The number of aromatic nitrogens is 7. The summed E-state index contributed by atoms with van der Waals surface area (Å²) in [6, 6.07) is 0.286. The van der Waals surface area contributed by atoms with Crippen molar-refractivity contribution in [3.05, 3.63) is 31.2 Å². The number of anilines is 2. The molecule has 0 saturated heterocycles. The zero-order valence-corrected chi connectivity index (χ0v) is 12.6. The second-order valence-electron chi connectivity index (χ2n) is 5.33. The van der Waals surface area contributed by atoms with Crippen molar-refractivity contribution >= 4 is 22.5 Å². The molecule has 23 heavy (non-hydrogen) atoms. The van der Waals surface area contributed by atoms with Gasteiger partial charge in [0.05, 0.1) is 18.1 Å². The molecule has 9 nitrogen and oxygen atoms in total. The molecule has 9 heteroatoms. The molecule has 0 aliphatic carbocycles. The minimum absolute atomic E-state index is 0.286. The van der Waals surface area contributed by atoms with Crippen LogP contribution in [-0.4, -0.2) is 34.9 Å². The molecule has 0 aliphatic heterocycles. The van der Waals surface area contributed by atoms with Gasteiger partial charge in [-0.3, -0.25) is 9.78 Å². The van der Waals surface area contributed by atoms with Gasteiger partial charge < -0.3 is 9.73 Å². The molecule has 0 aromatic carbocycles. The molecule has 0 bridgehead atoms. The Kier molecular flexibility index (Phi) is 3.04. The molecule has 4 aromatic rings. The zero-order valence-electron chi connectivity index (χ0n) is 12.6. The Balaban J connectivity index is 1.77. The van der Waals surface area contributed by atoms with E-state index in [2.05, 4.69) is 49.4 Å². The molecule has 4 heterocycles. The Morgan fingerprint density at radius 3 is 2.91 bits per heavy atom. The fourth-order valence-corrected chi connectivity index (χ4v) is 2.19. The van der Waals surface area contributed by atoms with E-state index in [0.29, 0.717) is 22.9 Å². The summed E-state index contributed by atoms with van der Waals surface area (Å²) in [6.07, 6.45) is 8.16. The Labute approximate surface area is 130 Å². The predicted octanol–water partition coefficient (Wildman–Crippen LogP) is 2.53. The van der Waals surface area contributed by atoms with E-state index in [4.69, 9.17) is 4.42 Å². The van der Waals surface area contributed by atoms with Gasteiger partial charge in [0, 0.05) is 12.2 Å². The lowest BCUT2D eigenvalue weighted by Crippen LogP contribution is -2.00. The summed E-state index contributed by atoms with van der Waals surface area (Å²) in [5, 5.41) is 14.5. The molecular weight excluding hydrogens is 296 g/mol. The molecule has 4 aromatic heterocycles. The van der Waals surface area contributed by atoms with Crippen molar-refractivity contribution < 1.29 is 4.42 Å². The van der Waals surface area contributed by atoms with E-state index in [1.807, 2.05) is 10.9 Å². The average Bonchev–Trinajstić information content (AvgIpc) is 3.28. The number of aromatic amines is 1. The van der Waals surface area contributed by atoms with Crippen molar-refractivity contribution in [3.63, 3.8) is 0 Å². The van der Waals surface area contributed by atoms with Crippen molar-refractivity contribution in [1.29, 1.82) is 0 Å². The summed E-state index contributed by atoms with van der Waals surface area (Å²) >= 11 is 0. The van der Waals surface area contributed by atoms with Crippen LogP contribution in [0.2, 0.25) is 0 Å². The summed E-state index contributed by atoms with van der Waals surface area (Å²) in [7, 11) is 0. The SMILES string of the molecule is CC(C)n1cc(Nc2nc(-c3cocn3)nc3cn[nH]c23)cn1. The van der Waals surface area contributed by atoms with E-state index >= 15 is 0 Å². The third-order valence-electron chi connectivity index (χ3n) is 3.35. The number of oxazole rings is 1. The number of hydrogen-bond acceptors (Lipinski definition) is 7. The highest BCUT2D eigenvalue weighted by Crippen LogP contribution is 2.25. The van der Waals surface area contributed by atoms with Gasteiger partial charge in [0.2, 0.25) is 0 Å². The van der Waals surface area contributed by atoms with Crippen LogP contribution in [0.4, 0.5) is 11.5 Å². The maximum Gasteiger partial charge on any atom is 0.184 e. The first-order chi connectivity index (χ1) is 11.2. The molecule has 0 amide bonds. The maximum absolute atomic E-state index is 5.00. The molecule has 0 radical (unpaired) electrons. The largest absolute Gasteiger partial charge is 0.451 e. The Morgan fingerprint density at radius 1 is 1.26 bits per heavy atom. The Morgan fingerprint density at radius 2 is 2.17 bits per heavy atom. The van der Waals surface area contributed by atoms with E-state index in [-0.39, 0.29) is 6.04 Å². The lowest BCUT2D eigenvalue weighted by molar-refractivity contribution is 0.532. The van der Waals surface area contributed by atoms with Gasteiger partial charge in [-0.25, -0.2) is 15.0 Å². The molecule has 2 N–H and O–H groups in total. The van der Waals surface area contributed by atoms with Crippen LogP contribution in [0.3, 0.4) is 0 Å². The van der Waals surface area contributed by atoms with E-state index in [1.165, 1.54) is 12.7 Å². The van der Waals surface area contributed by atoms with E-state index in [0.717, 1.165) is 11.2 Å². The van der Waals surface area contributed by atoms with Gasteiger partial charge in [-0.2, -0.15) is 10.2 Å². The van der Waals surface area contributed by atoms with Crippen molar-refractivity contribution in [2.45, 2.75) is 19.9 Å². The number of nitrogens with zero attached hydrogens (tertiary/aromatic N) is 6. The van der Waals surface area contributed by atoms with Gasteiger partial charge in [-0.1, -0.05) is 0 Å². The molecule has 0 atom stereocenters. The van der Waals surface area contributed by atoms with Crippen LogP contribution in [0.5, 0.6) is 0 Å². The van der Waals surface area contributed by atoms with Gasteiger partial charge >= 0.3 is 0 Å². The molecule has 0 fully saturated rings. The third kappa shape index (κ3) is 2.41. The van der Waals surface area contributed by atoms with E-state index < -0.39 is 0 Å². The minimum atomic E-state index is 0.286. The van der Waals surface area contributed by atoms with Crippen LogP contribution in [0, 0.1) is 0 Å². The monoisotopic (exact) mass is 310 g/mol. The summed E-state index contributed by atoms with van der Waals surface area (Å²) in [4.78, 5) is 13.0. The predicted molar refractivity (Wildman–Crippen MR) is 83.1 cm³/mol. The normalized spacial score (nSPS) is 11.4. The van der Waals surface area contributed by atoms with E-state index in [1.54, 1.807) is 12.4 Å². The van der Waals surface area contributed by atoms with Crippen LogP contribution >= 0.6 is 0 Å². The first-order valence-corrected chi connectivity index (χ1v) is 7.11. The van der Waals surface area contributed by atoms with Gasteiger partial charge in [0.25, 0.3) is 0 Å². The van der Waals surface area contributed by atoms with E-state index in [9.17, 15) is 0 Å². The highest BCUT2D eigenvalue weighted by Gasteiger charge is 2.13. The number of hydrogen-bond donors (Lipinski definition) is 2. The van der Waals surface area contributed by atoms with Crippen molar-refractivity contribution in [1.82, 2.24) is 34.9 Å². The third-order valence-corrected chi connectivity index (χ3v) is 3.35. The minimum Gasteiger partial charge on any atom is -0.451 e. The average molecular weight is 310 g/mol. The molecule has 116 valence electrons. The summed E-state index contributed by atoms with van der Waals surface area (Å²) in [5.74, 6) is 1.07. The van der Waals surface area contributed by atoms with Gasteiger partial charge in [-0.15, -0.1) is 0 Å². The van der Waals surface area contributed by atoms with Crippen molar-refractivity contribution in [2.24, 2.45) is 0 Å². The van der Waals surface area contributed by atoms with Crippen LogP contribution in [0.25, 0.3) is 22.6 Å². The Bertz CT molecular complexity index is 937. The number of rotatable bonds is 4. The second kappa shape index (κ2) is 5.20. The topological polar surface area (TPSA) is 110 Å². The maximum atomic E-state index is 5.00. The Hall–Kier alpha value is -3.23. The highest BCUT2D eigenvalue weighted by atomic mass is 16.3. The van der Waals surface area contributed by atoms with Crippen LogP contribution in [0.15, 0.2) is 35.7 Å². The summed E-state index contributed by atoms with van der Waals surface area (Å²) in [6.45, 7) is 4.13. The second-order valence-corrected chi connectivity index (χ2v) is 5.33. The molecule has 0 aliphatic rings. The van der Waals surface area contributed by atoms with Crippen LogP contribution in [0.1, 0.15) is 19.9 Å². The van der Waals surface area contributed by atoms with Gasteiger partial charge in [-0.05, 0) is 13.8 Å². The van der Waals surface area contributed by atoms with Crippen LogP contribution < -0.4 is 5.32 Å². The highest BCUT2D eigenvalue weighted by molar-refractivity contribution is 5.88. The molecule has 0 unspecified atom stereocenters. The lowest BCUT2D eigenvalue weighted by atomic mass is 10.3. The van der Waals surface area contributed by atoms with Crippen molar-refractivity contribution in [3.8, 4) is 11.5 Å². The van der Waals surface area contributed by atoms with Crippen molar-refractivity contribution in [2.75, 3.05) is 5.32 Å². The summed E-state index contributed by atoms with van der Waals surface area (Å²) in [5.41, 5.74) is 2.81. The quantitative estimate of drug-likeness (QED) is 0.596. The van der Waals surface area contributed by atoms with Crippen LogP contribution in [-0.2, 0) is 0 Å². The number of H-pyrrole nitrogens is 1. The molecule has 4 rings (SSSR count). The van der Waals surface area contributed by atoms with Gasteiger partial charge in [0.1, 0.15) is 23.0 Å².